The van der Waals surface area contributed by atoms with Crippen LogP contribution >= 0.6 is 11.6 Å². The second-order valence-corrected chi connectivity index (χ2v) is 5.87. The lowest BCUT2D eigenvalue weighted by atomic mass is 10.0. The highest BCUT2D eigenvalue weighted by Crippen LogP contribution is 2.28. The Kier molecular flexibility index (Phi) is 3.92. The number of halogens is 1. The summed E-state index contributed by atoms with van der Waals surface area (Å²) in [5.74, 6) is -1.06. The molecule has 0 saturated carbocycles. The number of carbonyl (C=O) groups is 1. The van der Waals surface area contributed by atoms with E-state index in [1.807, 2.05) is 44.2 Å². The molecule has 23 heavy (non-hydrogen) atoms. The fraction of sp³-hybridized carbons (Fsp3) is 0.111. The maximum absolute atomic E-state index is 11.3. The Morgan fingerprint density at radius 1 is 1.13 bits per heavy atom. The summed E-state index contributed by atoms with van der Waals surface area (Å²) in [7, 11) is 0. The van der Waals surface area contributed by atoms with Gasteiger partial charge in [0.25, 0.3) is 0 Å². The number of nitrogens with zero attached hydrogens (tertiary/aromatic N) is 2. The molecular formula is C18H15ClN2O2. The molecule has 0 unspecified atom stereocenters. The molecule has 4 nitrogen and oxygen atoms in total. The predicted molar refractivity (Wildman–Crippen MR) is 90.4 cm³/mol. The Morgan fingerprint density at radius 3 is 2.61 bits per heavy atom. The van der Waals surface area contributed by atoms with E-state index in [9.17, 15) is 9.90 Å². The van der Waals surface area contributed by atoms with Gasteiger partial charge in [-0.25, -0.2) is 9.48 Å². The molecule has 3 rings (SSSR count). The standard InChI is InChI=1S/C18H15ClN2O2/c1-11-6-7-12(2)15(8-11)17-10-16(18(22)23)20-21(17)14-5-3-4-13(19)9-14/h3-10H,1-2H3,(H,22,23). The smallest absolute Gasteiger partial charge is 0.356 e. The van der Waals surface area contributed by atoms with Crippen molar-refractivity contribution in [2.75, 3.05) is 0 Å². The van der Waals surface area contributed by atoms with E-state index >= 15 is 0 Å². The van der Waals surface area contributed by atoms with Crippen LogP contribution in [0.15, 0.2) is 48.5 Å². The molecule has 0 atom stereocenters. The average Bonchev–Trinajstić information content (AvgIpc) is 2.95. The quantitative estimate of drug-likeness (QED) is 0.770. The van der Waals surface area contributed by atoms with Gasteiger partial charge >= 0.3 is 5.97 Å². The highest BCUT2D eigenvalue weighted by molar-refractivity contribution is 6.30. The van der Waals surface area contributed by atoms with E-state index in [4.69, 9.17) is 11.6 Å². The van der Waals surface area contributed by atoms with Crippen molar-refractivity contribution in [2.45, 2.75) is 13.8 Å². The number of hydrogen-bond acceptors (Lipinski definition) is 2. The Hall–Kier alpha value is -2.59. The van der Waals surface area contributed by atoms with Crippen LogP contribution < -0.4 is 0 Å². The molecule has 5 heteroatoms. The third-order valence-corrected chi connectivity index (χ3v) is 3.89. The van der Waals surface area contributed by atoms with E-state index in [2.05, 4.69) is 5.10 Å². The molecule has 0 bridgehead atoms. The summed E-state index contributed by atoms with van der Waals surface area (Å²) in [6, 6.07) is 14.8. The minimum absolute atomic E-state index is 0.000816. The first kappa shape index (κ1) is 15.3. The molecule has 3 aromatic rings. The van der Waals surface area contributed by atoms with Crippen LogP contribution in [0.2, 0.25) is 5.02 Å². The van der Waals surface area contributed by atoms with E-state index in [-0.39, 0.29) is 5.69 Å². The van der Waals surface area contributed by atoms with Crippen molar-refractivity contribution in [3.63, 3.8) is 0 Å². The van der Waals surface area contributed by atoms with E-state index in [1.165, 1.54) is 0 Å². The molecule has 0 aliphatic rings. The molecule has 0 radical (unpaired) electrons. The normalized spacial score (nSPS) is 10.7. The van der Waals surface area contributed by atoms with Crippen molar-refractivity contribution < 1.29 is 9.90 Å². The van der Waals surface area contributed by atoms with Crippen LogP contribution in [0.25, 0.3) is 16.9 Å². The molecule has 0 aliphatic heterocycles. The number of hydrogen-bond donors (Lipinski definition) is 1. The number of aryl methyl sites for hydroxylation is 2. The molecule has 0 aliphatic carbocycles. The minimum Gasteiger partial charge on any atom is -0.476 e. The summed E-state index contributed by atoms with van der Waals surface area (Å²) in [6.45, 7) is 3.99. The van der Waals surface area contributed by atoms with Gasteiger partial charge in [0.15, 0.2) is 5.69 Å². The maximum Gasteiger partial charge on any atom is 0.356 e. The Bertz CT molecular complexity index is 900. The van der Waals surface area contributed by atoms with E-state index in [0.29, 0.717) is 5.02 Å². The van der Waals surface area contributed by atoms with Gasteiger partial charge in [-0.3, -0.25) is 0 Å². The fourth-order valence-electron chi connectivity index (χ4n) is 2.49. The van der Waals surface area contributed by atoms with Crippen molar-refractivity contribution >= 4 is 17.6 Å². The van der Waals surface area contributed by atoms with Gasteiger partial charge in [-0.2, -0.15) is 5.10 Å². The third kappa shape index (κ3) is 2.98. The van der Waals surface area contributed by atoms with Crippen LogP contribution in [0.5, 0.6) is 0 Å². The van der Waals surface area contributed by atoms with Gasteiger partial charge in [0, 0.05) is 10.6 Å². The van der Waals surface area contributed by atoms with Crippen LogP contribution in [-0.4, -0.2) is 20.9 Å². The molecule has 1 heterocycles. The number of aromatic nitrogens is 2. The lowest BCUT2D eigenvalue weighted by molar-refractivity contribution is 0.0690. The highest BCUT2D eigenvalue weighted by atomic mass is 35.5. The largest absolute Gasteiger partial charge is 0.476 e. The monoisotopic (exact) mass is 326 g/mol. The van der Waals surface area contributed by atoms with E-state index in [0.717, 1.165) is 28.1 Å². The van der Waals surface area contributed by atoms with Crippen molar-refractivity contribution in [1.29, 1.82) is 0 Å². The molecule has 1 aromatic heterocycles. The SMILES string of the molecule is Cc1ccc(C)c(-c2cc(C(=O)O)nn2-c2cccc(Cl)c2)c1. The predicted octanol–water partition coefficient (Wildman–Crippen LogP) is 4.51. The lowest BCUT2D eigenvalue weighted by Gasteiger charge is -2.11. The molecule has 2 aromatic carbocycles. The summed E-state index contributed by atoms with van der Waals surface area (Å²) in [6.07, 6.45) is 0. The lowest BCUT2D eigenvalue weighted by Crippen LogP contribution is -2.02. The van der Waals surface area contributed by atoms with Gasteiger partial charge in [0.2, 0.25) is 0 Å². The van der Waals surface area contributed by atoms with Crippen LogP contribution in [0.1, 0.15) is 21.6 Å². The first-order valence-corrected chi connectivity index (χ1v) is 7.50. The fourth-order valence-corrected chi connectivity index (χ4v) is 2.68. The Balaban J connectivity index is 2.27. The molecule has 0 fully saturated rings. The van der Waals surface area contributed by atoms with Gasteiger partial charge in [-0.05, 0) is 49.7 Å². The number of rotatable bonds is 3. The first-order chi connectivity index (χ1) is 11.0. The van der Waals surface area contributed by atoms with Crippen molar-refractivity contribution in [2.24, 2.45) is 0 Å². The van der Waals surface area contributed by atoms with Gasteiger partial charge < -0.3 is 5.11 Å². The summed E-state index contributed by atoms with van der Waals surface area (Å²) in [5, 5.41) is 14.1. The number of carboxylic acid groups (broad SMARTS) is 1. The van der Waals surface area contributed by atoms with Gasteiger partial charge in [0.05, 0.1) is 11.4 Å². The number of carboxylic acids is 1. The molecule has 0 amide bonds. The van der Waals surface area contributed by atoms with Crippen LogP contribution in [-0.2, 0) is 0 Å². The second kappa shape index (κ2) is 5.89. The Labute approximate surface area is 139 Å². The molecular weight excluding hydrogens is 312 g/mol. The van der Waals surface area contributed by atoms with Crippen LogP contribution in [0, 0.1) is 13.8 Å². The molecule has 0 saturated heterocycles. The molecule has 0 spiro atoms. The zero-order valence-electron chi connectivity index (χ0n) is 12.7. The van der Waals surface area contributed by atoms with Crippen molar-refractivity contribution in [3.05, 3.63) is 70.4 Å². The van der Waals surface area contributed by atoms with E-state index in [1.54, 1.807) is 22.9 Å². The zero-order valence-corrected chi connectivity index (χ0v) is 13.5. The zero-order chi connectivity index (χ0) is 16.6. The summed E-state index contributed by atoms with van der Waals surface area (Å²) < 4.78 is 1.62. The maximum atomic E-state index is 11.3. The van der Waals surface area contributed by atoms with Gasteiger partial charge in [-0.15, -0.1) is 0 Å². The summed E-state index contributed by atoms with van der Waals surface area (Å²) in [4.78, 5) is 11.3. The number of aromatic carboxylic acids is 1. The summed E-state index contributed by atoms with van der Waals surface area (Å²) in [5.41, 5.74) is 4.55. The number of benzene rings is 2. The second-order valence-electron chi connectivity index (χ2n) is 5.43. The van der Waals surface area contributed by atoms with Crippen LogP contribution in [0.3, 0.4) is 0 Å². The molecule has 1 N–H and O–H groups in total. The van der Waals surface area contributed by atoms with Crippen molar-refractivity contribution in [3.8, 4) is 16.9 Å². The molecule has 116 valence electrons. The van der Waals surface area contributed by atoms with Crippen molar-refractivity contribution in [1.82, 2.24) is 9.78 Å². The minimum atomic E-state index is -1.06. The summed E-state index contributed by atoms with van der Waals surface area (Å²) >= 11 is 6.06. The van der Waals surface area contributed by atoms with Crippen LogP contribution in [0.4, 0.5) is 0 Å². The van der Waals surface area contributed by atoms with Gasteiger partial charge in [-0.1, -0.05) is 35.4 Å². The first-order valence-electron chi connectivity index (χ1n) is 7.12. The average molecular weight is 327 g/mol. The van der Waals surface area contributed by atoms with E-state index < -0.39 is 5.97 Å². The highest BCUT2D eigenvalue weighted by Gasteiger charge is 2.17. The Morgan fingerprint density at radius 2 is 1.91 bits per heavy atom. The third-order valence-electron chi connectivity index (χ3n) is 3.65. The topological polar surface area (TPSA) is 55.1 Å². The van der Waals surface area contributed by atoms with Gasteiger partial charge in [0.1, 0.15) is 0 Å².